The van der Waals surface area contributed by atoms with Crippen LogP contribution in [0.4, 0.5) is 5.82 Å². The molecule has 0 fully saturated rings. The molecule has 2 heterocycles. The lowest BCUT2D eigenvalue weighted by atomic mass is 9.98. The van der Waals surface area contributed by atoms with Gasteiger partial charge in [-0.15, -0.1) is 11.3 Å². The van der Waals surface area contributed by atoms with Crippen molar-refractivity contribution < 1.29 is 0 Å². The number of aryl methyl sites for hydroxylation is 2. The van der Waals surface area contributed by atoms with Gasteiger partial charge in [-0.2, -0.15) is 5.10 Å². The average Bonchev–Trinajstić information content (AvgIpc) is 3.05. The maximum absolute atomic E-state index is 6.10. The molecule has 3 nitrogen and oxygen atoms in total. The lowest BCUT2D eigenvalue weighted by Gasteiger charge is -2.08. The minimum Gasteiger partial charge on any atom is -0.382 e. The summed E-state index contributed by atoms with van der Waals surface area (Å²) in [6.45, 7) is 4.26. The molecule has 0 saturated heterocycles. The summed E-state index contributed by atoms with van der Waals surface area (Å²) in [7, 11) is 0. The van der Waals surface area contributed by atoms with E-state index in [1.165, 1.54) is 16.0 Å². The molecule has 0 bridgehead atoms. The number of nitrogen functional groups attached to an aromatic ring is 1. The van der Waals surface area contributed by atoms with Gasteiger partial charge in [0.25, 0.3) is 0 Å². The van der Waals surface area contributed by atoms with Gasteiger partial charge in [0.05, 0.1) is 16.1 Å². The normalized spacial score (nSPS) is 10.9. The van der Waals surface area contributed by atoms with Crippen molar-refractivity contribution in [1.82, 2.24) is 10.2 Å². The van der Waals surface area contributed by atoms with Crippen molar-refractivity contribution in [2.75, 3.05) is 5.73 Å². The largest absolute Gasteiger partial charge is 0.382 e. The van der Waals surface area contributed by atoms with Crippen LogP contribution in [0.3, 0.4) is 0 Å². The standard InChI is InChI=1S/C16H17N3S/c1-3-11-8-9-20-15(11)14-13(16(17)19-18-14)12-7-5-4-6-10(12)2/h4-9H,3H2,1-2H3,(H3,17,18,19). The molecule has 0 saturated carbocycles. The van der Waals surface area contributed by atoms with E-state index >= 15 is 0 Å². The van der Waals surface area contributed by atoms with Crippen LogP contribution in [0.25, 0.3) is 21.7 Å². The molecule has 0 spiro atoms. The van der Waals surface area contributed by atoms with Gasteiger partial charge in [0.1, 0.15) is 0 Å². The Bertz CT molecular complexity index is 740. The molecule has 0 atom stereocenters. The highest BCUT2D eigenvalue weighted by Crippen LogP contribution is 2.39. The van der Waals surface area contributed by atoms with Crippen molar-refractivity contribution >= 4 is 17.2 Å². The lowest BCUT2D eigenvalue weighted by Crippen LogP contribution is -1.91. The molecule has 20 heavy (non-hydrogen) atoms. The van der Waals surface area contributed by atoms with E-state index < -0.39 is 0 Å². The van der Waals surface area contributed by atoms with Crippen LogP contribution < -0.4 is 5.73 Å². The average molecular weight is 283 g/mol. The van der Waals surface area contributed by atoms with Crippen LogP contribution in [0.15, 0.2) is 35.7 Å². The van der Waals surface area contributed by atoms with Crippen LogP contribution >= 0.6 is 11.3 Å². The summed E-state index contributed by atoms with van der Waals surface area (Å²) in [5, 5.41) is 9.46. The summed E-state index contributed by atoms with van der Waals surface area (Å²) < 4.78 is 0. The fraction of sp³-hybridized carbons (Fsp3) is 0.188. The number of H-pyrrole nitrogens is 1. The number of aromatic amines is 1. The maximum Gasteiger partial charge on any atom is 0.153 e. The number of hydrogen-bond donors (Lipinski definition) is 2. The molecule has 3 N–H and O–H groups in total. The van der Waals surface area contributed by atoms with E-state index in [-0.39, 0.29) is 0 Å². The van der Waals surface area contributed by atoms with Gasteiger partial charge >= 0.3 is 0 Å². The van der Waals surface area contributed by atoms with Crippen molar-refractivity contribution in [2.24, 2.45) is 0 Å². The Hall–Kier alpha value is -2.07. The first kappa shape index (κ1) is 12.9. The summed E-state index contributed by atoms with van der Waals surface area (Å²) in [5.74, 6) is 0.560. The van der Waals surface area contributed by atoms with E-state index in [9.17, 15) is 0 Å². The zero-order valence-electron chi connectivity index (χ0n) is 11.6. The molecule has 0 unspecified atom stereocenters. The van der Waals surface area contributed by atoms with Gasteiger partial charge in [-0.1, -0.05) is 31.2 Å². The van der Waals surface area contributed by atoms with Gasteiger partial charge in [-0.3, -0.25) is 5.10 Å². The molecule has 102 valence electrons. The SMILES string of the molecule is CCc1ccsc1-c1[nH]nc(N)c1-c1ccccc1C. The van der Waals surface area contributed by atoms with Crippen LogP contribution in [0.2, 0.25) is 0 Å². The Morgan fingerprint density at radius 1 is 1.25 bits per heavy atom. The Morgan fingerprint density at radius 2 is 2.05 bits per heavy atom. The zero-order valence-corrected chi connectivity index (χ0v) is 12.4. The van der Waals surface area contributed by atoms with Crippen LogP contribution in [-0.4, -0.2) is 10.2 Å². The highest BCUT2D eigenvalue weighted by Gasteiger charge is 2.18. The van der Waals surface area contributed by atoms with Gasteiger partial charge in [0.2, 0.25) is 0 Å². The van der Waals surface area contributed by atoms with E-state index in [4.69, 9.17) is 5.73 Å². The highest BCUT2D eigenvalue weighted by atomic mass is 32.1. The van der Waals surface area contributed by atoms with Gasteiger partial charge in [-0.25, -0.2) is 0 Å². The summed E-state index contributed by atoms with van der Waals surface area (Å²) in [5.41, 5.74) is 11.8. The third-order valence-corrected chi connectivity index (χ3v) is 4.54. The molecule has 3 aromatic rings. The Balaban J connectivity index is 2.23. The number of benzene rings is 1. The number of aromatic nitrogens is 2. The van der Waals surface area contributed by atoms with E-state index in [1.54, 1.807) is 11.3 Å². The second-order valence-corrected chi connectivity index (χ2v) is 5.72. The predicted octanol–water partition coefficient (Wildman–Crippen LogP) is 4.26. The van der Waals surface area contributed by atoms with Crippen LogP contribution in [0.5, 0.6) is 0 Å². The quantitative estimate of drug-likeness (QED) is 0.754. The van der Waals surface area contributed by atoms with Crippen molar-refractivity contribution in [3.8, 4) is 21.7 Å². The summed E-state index contributed by atoms with van der Waals surface area (Å²) >= 11 is 1.73. The highest BCUT2D eigenvalue weighted by molar-refractivity contribution is 7.13. The fourth-order valence-corrected chi connectivity index (χ4v) is 3.48. The number of nitrogens with one attached hydrogen (secondary N) is 1. The molecule has 0 aliphatic carbocycles. The minimum atomic E-state index is 0.560. The zero-order chi connectivity index (χ0) is 14.1. The fourth-order valence-electron chi connectivity index (χ4n) is 2.48. The predicted molar refractivity (Wildman–Crippen MR) is 85.9 cm³/mol. The first-order chi connectivity index (χ1) is 9.72. The van der Waals surface area contributed by atoms with Crippen LogP contribution in [-0.2, 0) is 6.42 Å². The summed E-state index contributed by atoms with van der Waals surface area (Å²) in [6, 6.07) is 10.4. The molecule has 2 aromatic heterocycles. The van der Waals surface area contributed by atoms with Gasteiger partial charge in [-0.05, 0) is 41.5 Å². The first-order valence-electron chi connectivity index (χ1n) is 6.69. The number of thiophene rings is 1. The monoisotopic (exact) mass is 283 g/mol. The molecule has 3 rings (SSSR count). The smallest absolute Gasteiger partial charge is 0.153 e. The van der Waals surface area contributed by atoms with Gasteiger partial charge in [0.15, 0.2) is 5.82 Å². The molecular weight excluding hydrogens is 266 g/mol. The van der Waals surface area contributed by atoms with Crippen LogP contribution in [0.1, 0.15) is 18.1 Å². The Morgan fingerprint density at radius 3 is 2.80 bits per heavy atom. The van der Waals surface area contributed by atoms with Crippen molar-refractivity contribution in [3.63, 3.8) is 0 Å². The van der Waals surface area contributed by atoms with E-state index in [1.807, 2.05) is 12.1 Å². The van der Waals surface area contributed by atoms with Crippen molar-refractivity contribution in [1.29, 1.82) is 0 Å². The van der Waals surface area contributed by atoms with Crippen LogP contribution in [0, 0.1) is 6.92 Å². The molecule has 0 radical (unpaired) electrons. The summed E-state index contributed by atoms with van der Waals surface area (Å²) in [6.07, 6.45) is 1.00. The van der Waals surface area contributed by atoms with E-state index in [0.717, 1.165) is 23.2 Å². The number of rotatable bonds is 3. The third-order valence-electron chi connectivity index (χ3n) is 3.56. The van der Waals surface area contributed by atoms with E-state index in [0.29, 0.717) is 5.82 Å². The van der Waals surface area contributed by atoms with E-state index in [2.05, 4.69) is 47.6 Å². The molecular formula is C16H17N3S. The third kappa shape index (κ3) is 2.02. The number of hydrogen-bond acceptors (Lipinski definition) is 3. The molecule has 0 aliphatic heterocycles. The summed E-state index contributed by atoms with van der Waals surface area (Å²) in [4.78, 5) is 1.23. The maximum atomic E-state index is 6.10. The Labute approximate surface area is 122 Å². The number of anilines is 1. The van der Waals surface area contributed by atoms with Crippen molar-refractivity contribution in [2.45, 2.75) is 20.3 Å². The lowest BCUT2D eigenvalue weighted by molar-refractivity contribution is 1.10. The molecule has 0 aliphatic rings. The second-order valence-electron chi connectivity index (χ2n) is 4.80. The van der Waals surface area contributed by atoms with Crippen molar-refractivity contribution in [3.05, 3.63) is 46.8 Å². The Kier molecular flexibility index (Phi) is 3.32. The molecule has 0 amide bonds. The topological polar surface area (TPSA) is 54.7 Å². The van der Waals surface area contributed by atoms with Gasteiger partial charge in [0, 0.05) is 0 Å². The minimum absolute atomic E-state index is 0.560. The van der Waals surface area contributed by atoms with Gasteiger partial charge < -0.3 is 5.73 Å². The molecule has 4 heteroatoms. The first-order valence-corrected chi connectivity index (χ1v) is 7.57. The second kappa shape index (κ2) is 5.13. The molecule has 1 aromatic carbocycles. The number of nitrogens with two attached hydrogens (primary N) is 1. The number of nitrogens with zero attached hydrogens (tertiary/aromatic N) is 1.